The average Bonchev–Trinajstić information content (AvgIpc) is 3.17. The quantitative estimate of drug-likeness (QED) is 0.442. The molecule has 1 atom stereocenters. The molecule has 0 spiro atoms. The number of halogens is 1. The molecule has 1 amide bonds. The number of benzene rings is 3. The maximum atomic E-state index is 13.7. The minimum atomic E-state index is -0.450. The lowest BCUT2D eigenvalue weighted by molar-refractivity contribution is -0.113. The summed E-state index contributed by atoms with van der Waals surface area (Å²) < 4.78 is 15.7. The predicted molar refractivity (Wildman–Crippen MR) is 125 cm³/mol. The van der Waals surface area contributed by atoms with E-state index >= 15 is 0 Å². The van der Waals surface area contributed by atoms with Crippen LogP contribution in [0.4, 0.5) is 16.0 Å². The van der Waals surface area contributed by atoms with Gasteiger partial charge in [-0.15, -0.1) is 0 Å². The van der Waals surface area contributed by atoms with Gasteiger partial charge in [-0.25, -0.2) is 9.37 Å². The molecule has 5 nitrogen and oxygen atoms in total. The van der Waals surface area contributed by atoms with Crippen LogP contribution in [0.25, 0.3) is 11.0 Å². The van der Waals surface area contributed by atoms with Crippen molar-refractivity contribution < 1.29 is 9.18 Å². The number of imidazole rings is 1. The van der Waals surface area contributed by atoms with Gasteiger partial charge in [-0.3, -0.25) is 9.36 Å². The third kappa shape index (κ3) is 3.43. The number of para-hydroxylation sites is 2. The molecule has 0 unspecified atom stereocenters. The van der Waals surface area contributed by atoms with E-state index in [1.807, 2.05) is 60.0 Å². The first kappa shape index (κ1) is 20.0. The van der Waals surface area contributed by atoms with Crippen LogP contribution in [0.5, 0.6) is 0 Å². The number of anilines is 2. The number of nitrogens with one attached hydrogen (secondary N) is 2. The molecule has 6 heteroatoms. The molecule has 1 aliphatic heterocycles. The molecule has 32 heavy (non-hydrogen) atoms. The van der Waals surface area contributed by atoms with E-state index in [1.165, 1.54) is 17.7 Å². The van der Waals surface area contributed by atoms with Crippen molar-refractivity contribution in [3.63, 3.8) is 0 Å². The third-order valence-electron chi connectivity index (χ3n) is 5.88. The van der Waals surface area contributed by atoms with Crippen molar-refractivity contribution in [2.24, 2.45) is 0 Å². The summed E-state index contributed by atoms with van der Waals surface area (Å²) in [6.07, 6.45) is 0.936. The molecule has 2 N–H and O–H groups in total. The Kier molecular flexibility index (Phi) is 4.98. The average molecular weight is 426 g/mol. The number of rotatable bonds is 4. The zero-order valence-corrected chi connectivity index (χ0v) is 17.9. The number of carbonyl (C=O) groups is 1. The van der Waals surface area contributed by atoms with Crippen molar-refractivity contribution >= 4 is 28.6 Å². The Balaban J connectivity index is 1.62. The number of amides is 1. The number of aromatic nitrogens is 2. The van der Waals surface area contributed by atoms with Gasteiger partial charge in [-0.05, 0) is 60.9 Å². The van der Waals surface area contributed by atoms with Gasteiger partial charge in [-0.1, -0.05) is 43.3 Å². The molecule has 4 aromatic rings. The van der Waals surface area contributed by atoms with E-state index in [4.69, 9.17) is 4.98 Å². The standard InChI is InChI=1S/C26H23FN4O/c1-3-17-8-14-20(15-9-17)29-25(32)23-16(2)28-26-30-21-6-4-5-7-22(21)31(26)24(23)18-10-12-19(27)13-11-18/h4-15,24H,3H2,1-2H3,(H,28,30)(H,29,32)/t24-/m0/s1. The lowest BCUT2D eigenvalue weighted by Crippen LogP contribution is -2.30. The molecule has 0 radical (unpaired) electrons. The Morgan fingerprint density at radius 3 is 2.50 bits per heavy atom. The van der Waals surface area contributed by atoms with Crippen molar-refractivity contribution in [1.82, 2.24) is 9.55 Å². The molecule has 0 bridgehead atoms. The van der Waals surface area contributed by atoms with Gasteiger partial charge >= 0.3 is 0 Å². The normalized spacial score (nSPS) is 15.4. The van der Waals surface area contributed by atoms with Crippen LogP contribution < -0.4 is 10.6 Å². The molecule has 1 aliphatic rings. The third-order valence-corrected chi connectivity index (χ3v) is 5.88. The van der Waals surface area contributed by atoms with Crippen molar-refractivity contribution in [3.05, 3.63) is 101 Å². The maximum Gasteiger partial charge on any atom is 0.255 e. The van der Waals surface area contributed by atoms with Crippen LogP contribution >= 0.6 is 0 Å². The molecule has 2 heterocycles. The summed E-state index contributed by atoms with van der Waals surface area (Å²) in [6.45, 7) is 3.96. The van der Waals surface area contributed by atoms with Crippen molar-refractivity contribution in [1.29, 1.82) is 0 Å². The van der Waals surface area contributed by atoms with Crippen LogP contribution in [0.15, 0.2) is 84.1 Å². The van der Waals surface area contributed by atoms with Gasteiger partial charge in [0, 0.05) is 11.4 Å². The summed E-state index contributed by atoms with van der Waals surface area (Å²) in [7, 11) is 0. The Labute approximate surface area is 185 Å². The fourth-order valence-corrected chi connectivity index (χ4v) is 4.24. The number of allylic oxidation sites excluding steroid dienone is 1. The molecular formula is C26H23FN4O. The molecule has 3 aromatic carbocycles. The van der Waals surface area contributed by atoms with E-state index < -0.39 is 6.04 Å². The molecular weight excluding hydrogens is 403 g/mol. The molecule has 1 aromatic heterocycles. The highest BCUT2D eigenvalue weighted by Gasteiger charge is 2.34. The van der Waals surface area contributed by atoms with Crippen LogP contribution in [-0.4, -0.2) is 15.5 Å². The number of hydrogen-bond acceptors (Lipinski definition) is 3. The first-order chi connectivity index (χ1) is 15.5. The van der Waals surface area contributed by atoms with Gasteiger partial charge in [0.15, 0.2) is 0 Å². The summed E-state index contributed by atoms with van der Waals surface area (Å²) in [4.78, 5) is 18.2. The zero-order chi connectivity index (χ0) is 22.2. The minimum Gasteiger partial charge on any atom is -0.329 e. The topological polar surface area (TPSA) is 59.0 Å². The largest absolute Gasteiger partial charge is 0.329 e. The fraction of sp³-hybridized carbons (Fsp3) is 0.154. The van der Waals surface area contributed by atoms with Crippen molar-refractivity contribution in [2.45, 2.75) is 26.3 Å². The van der Waals surface area contributed by atoms with E-state index in [0.29, 0.717) is 17.2 Å². The van der Waals surface area contributed by atoms with Gasteiger partial charge in [0.1, 0.15) is 5.82 Å². The summed E-state index contributed by atoms with van der Waals surface area (Å²) in [5.41, 5.74) is 5.74. The second kappa shape index (κ2) is 7.96. The van der Waals surface area contributed by atoms with E-state index in [0.717, 1.165) is 28.7 Å². The Hall–Kier alpha value is -3.93. The summed E-state index contributed by atoms with van der Waals surface area (Å²) in [5, 5.41) is 6.32. The number of carbonyl (C=O) groups excluding carboxylic acids is 1. The highest BCUT2D eigenvalue weighted by molar-refractivity contribution is 6.06. The Morgan fingerprint density at radius 2 is 1.78 bits per heavy atom. The number of hydrogen-bond donors (Lipinski definition) is 2. The lowest BCUT2D eigenvalue weighted by Gasteiger charge is -2.30. The monoisotopic (exact) mass is 426 g/mol. The highest BCUT2D eigenvalue weighted by Crippen LogP contribution is 2.39. The van der Waals surface area contributed by atoms with Crippen LogP contribution in [0.3, 0.4) is 0 Å². The summed E-state index contributed by atoms with van der Waals surface area (Å²) in [5.74, 6) is 0.125. The molecule has 0 saturated carbocycles. The van der Waals surface area contributed by atoms with E-state index in [9.17, 15) is 9.18 Å². The van der Waals surface area contributed by atoms with Gasteiger partial charge in [0.25, 0.3) is 5.91 Å². The van der Waals surface area contributed by atoms with Crippen LogP contribution in [0.2, 0.25) is 0 Å². The number of fused-ring (bicyclic) bond motifs is 3. The maximum absolute atomic E-state index is 13.7. The van der Waals surface area contributed by atoms with Gasteiger partial charge < -0.3 is 10.6 Å². The Morgan fingerprint density at radius 1 is 1.06 bits per heavy atom. The second-order valence-corrected chi connectivity index (χ2v) is 7.92. The summed E-state index contributed by atoms with van der Waals surface area (Å²) in [6, 6.07) is 21.5. The predicted octanol–water partition coefficient (Wildman–Crippen LogP) is 5.67. The summed E-state index contributed by atoms with van der Waals surface area (Å²) >= 11 is 0. The van der Waals surface area contributed by atoms with E-state index in [1.54, 1.807) is 12.1 Å². The van der Waals surface area contributed by atoms with E-state index in [2.05, 4.69) is 17.6 Å². The van der Waals surface area contributed by atoms with Gasteiger partial charge in [0.2, 0.25) is 5.95 Å². The van der Waals surface area contributed by atoms with Gasteiger partial charge in [-0.2, -0.15) is 0 Å². The molecule has 0 fully saturated rings. The fourth-order valence-electron chi connectivity index (χ4n) is 4.24. The van der Waals surface area contributed by atoms with Crippen LogP contribution in [-0.2, 0) is 11.2 Å². The van der Waals surface area contributed by atoms with Crippen molar-refractivity contribution in [3.8, 4) is 0 Å². The molecule has 0 aliphatic carbocycles. The molecule has 160 valence electrons. The van der Waals surface area contributed by atoms with Crippen LogP contribution in [0.1, 0.15) is 31.0 Å². The van der Waals surface area contributed by atoms with Crippen molar-refractivity contribution in [2.75, 3.05) is 10.6 Å². The Bertz CT molecular complexity index is 1340. The number of nitrogens with zero attached hydrogens (tertiary/aromatic N) is 2. The smallest absolute Gasteiger partial charge is 0.255 e. The SMILES string of the molecule is CCc1ccc(NC(=O)C2=C(C)Nc3nc4ccccc4n3[C@H]2c2ccc(F)cc2)cc1. The number of aryl methyl sites for hydroxylation is 1. The highest BCUT2D eigenvalue weighted by atomic mass is 19.1. The van der Waals surface area contributed by atoms with Gasteiger partial charge in [0.05, 0.1) is 22.6 Å². The second-order valence-electron chi connectivity index (χ2n) is 7.92. The zero-order valence-electron chi connectivity index (χ0n) is 17.9. The molecule has 0 saturated heterocycles. The minimum absolute atomic E-state index is 0.211. The lowest BCUT2D eigenvalue weighted by atomic mass is 9.94. The van der Waals surface area contributed by atoms with Crippen LogP contribution in [0, 0.1) is 5.82 Å². The first-order valence-corrected chi connectivity index (χ1v) is 10.7. The first-order valence-electron chi connectivity index (χ1n) is 10.7. The molecule has 5 rings (SSSR count). The van der Waals surface area contributed by atoms with E-state index in [-0.39, 0.29) is 11.7 Å².